The Kier molecular flexibility index (Phi) is 7.03. The Morgan fingerprint density at radius 2 is 1.87 bits per heavy atom. The molecule has 0 saturated heterocycles. The highest BCUT2D eigenvalue weighted by molar-refractivity contribution is 5.88. The topological polar surface area (TPSA) is 59.0 Å². The van der Waals surface area contributed by atoms with Gasteiger partial charge in [-0.05, 0) is 53.6 Å². The van der Waals surface area contributed by atoms with E-state index >= 15 is 0 Å². The van der Waals surface area contributed by atoms with Gasteiger partial charge in [-0.2, -0.15) is 0 Å². The van der Waals surface area contributed by atoms with Crippen LogP contribution in [0.3, 0.4) is 0 Å². The molecule has 160 valence electrons. The molecule has 1 fully saturated rings. The lowest BCUT2D eigenvalue weighted by Crippen LogP contribution is -2.32. The molecule has 1 heterocycles. The zero-order chi connectivity index (χ0) is 20.8. The number of carboxylic acid groups (broad SMARTS) is 1. The third kappa shape index (κ3) is 5.61. The first kappa shape index (κ1) is 20.9. The lowest BCUT2D eigenvalue weighted by Gasteiger charge is -2.26. The molecule has 0 amide bonds. The van der Waals surface area contributed by atoms with Crippen LogP contribution in [0, 0.1) is 5.92 Å². The fourth-order valence-electron chi connectivity index (χ4n) is 4.61. The van der Waals surface area contributed by atoms with E-state index in [1.165, 1.54) is 36.8 Å². The number of carbonyl (C=O) groups is 1. The molecule has 1 aliphatic heterocycles. The van der Waals surface area contributed by atoms with Crippen LogP contribution in [-0.4, -0.2) is 48.9 Å². The first-order valence-electron chi connectivity index (χ1n) is 11.0. The normalized spacial score (nSPS) is 18.9. The third-order valence-electron chi connectivity index (χ3n) is 6.13. The van der Waals surface area contributed by atoms with Crippen molar-refractivity contribution in [1.29, 1.82) is 0 Å². The number of ether oxygens (including phenoxy) is 2. The molecule has 2 bridgehead atoms. The van der Waals surface area contributed by atoms with E-state index < -0.39 is 5.97 Å². The van der Waals surface area contributed by atoms with Crippen molar-refractivity contribution in [2.24, 2.45) is 5.92 Å². The molecule has 0 aromatic heterocycles. The van der Waals surface area contributed by atoms with Gasteiger partial charge in [0.15, 0.2) is 0 Å². The summed E-state index contributed by atoms with van der Waals surface area (Å²) in [5, 5.41) is 9.38. The van der Waals surface area contributed by atoms with Gasteiger partial charge in [0, 0.05) is 26.1 Å². The molecule has 2 aliphatic rings. The van der Waals surface area contributed by atoms with Gasteiger partial charge in [0.1, 0.15) is 12.4 Å². The number of fused-ring (bicyclic) bond motifs is 3. The fourth-order valence-corrected chi connectivity index (χ4v) is 4.61. The van der Waals surface area contributed by atoms with Crippen molar-refractivity contribution in [3.8, 4) is 5.75 Å². The Morgan fingerprint density at radius 3 is 2.70 bits per heavy atom. The van der Waals surface area contributed by atoms with Crippen molar-refractivity contribution in [1.82, 2.24) is 4.90 Å². The van der Waals surface area contributed by atoms with Crippen molar-refractivity contribution in [3.05, 3.63) is 64.7 Å². The van der Waals surface area contributed by atoms with Crippen LogP contribution in [0.2, 0.25) is 0 Å². The molecule has 0 spiro atoms. The zero-order valence-corrected chi connectivity index (χ0v) is 17.5. The van der Waals surface area contributed by atoms with E-state index in [-0.39, 0.29) is 5.56 Å². The summed E-state index contributed by atoms with van der Waals surface area (Å²) in [6.45, 7) is 4.67. The summed E-state index contributed by atoms with van der Waals surface area (Å²) < 4.78 is 11.8. The van der Waals surface area contributed by atoms with Crippen molar-refractivity contribution < 1.29 is 19.4 Å². The fraction of sp³-hybridized carbons (Fsp3) is 0.480. The summed E-state index contributed by atoms with van der Waals surface area (Å²) >= 11 is 0. The minimum absolute atomic E-state index is 0.286. The van der Waals surface area contributed by atoms with Gasteiger partial charge in [-0.15, -0.1) is 0 Å². The lowest BCUT2D eigenvalue weighted by atomic mass is 9.99. The van der Waals surface area contributed by atoms with Crippen LogP contribution in [-0.2, 0) is 17.7 Å². The number of nitrogens with zero attached hydrogens (tertiary/aromatic N) is 1. The second kappa shape index (κ2) is 10.1. The van der Waals surface area contributed by atoms with E-state index in [0.29, 0.717) is 26.2 Å². The minimum Gasteiger partial charge on any atom is -0.491 e. The molecule has 5 heteroatoms. The Bertz CT molecular complexity index is 860. The molecule has 4 rings (SSSR count). The Balaban J connectivity index is 1.57. The molecule has 1 saturated carbocycles. The lowest BCUT2D eigenvalue weighted by molar-refractivity contribution is 0.0695. The van der Waals surface area contributed by atoms with Crippen molar-refractivity contribution in [2.75, 3.05) is 32.9 Å². The number of aromatic carboxylic acids is 1. The summed E-state index contributed by atoms with van der Waals surface area (Å²) in [5.41, 5.74) is 3.65. The van der Waals surface area contributed by atoms with Gasteiger partial charge in [-0.3, -0.25) is 4.90 Å². The summed E-state index contributed by atoms with van der Waals surface area (Å²) in [4.78, 5) is 14.0. The van der Waals surface area contributed by atoms with Crippen molar-refractivity contribution in [3.63, 3.8) is 0 Å². The first-order chi connectivity index (χ1) is 14.7. The number of hydrogen-bond donors (Lipinski definition) is 1. The highest BCUT2D eigenvalue weighted by atomic mass is 16.5. The minimum atomic E-state index is -0.920. The van der Waals surface area contributed by atoms with Gasteiger partial charge in [0.2, 0.25) is 0 Å². The van der Waals surface area contributed by atoms with Crippen LogP contribution in [0.5, 0.6) is 5.75 Å². The molecule has 0 unspecified atom stereocenters. The SMILES string of the molecule is O=C(O)c1ccc2c(c1)Cc1cccc(c1)CN(CC1CCCC1)CCOCCO2. The second-order valence-electron chi connectivity index (χ2n) is 8.47. The van der Waals surface area contributed by atoms with Gasteiger partial charge in [0.05, 0.1) is 18.8 Å². The number of benzene rings is 2. The highest BCUT2D eigenvalue weighted by Gasteiger charge is 2.19. The largest absolute Gasteiger partial charge is 0.491 e. The van der Waals surface area contributed by atoms with E-state index in [9.17, 15) is 9.90 Å². The van der Waals surface area contributed by atoms with Gasteiger partial charge >= 0.3 is 5.97 Å². The molecular weight excluding hydrogens is 378 g/mol. The van der Waals surface area contributed by atoms with Gasteiger partial charge in [0.25, 0.3) is 0 Å². The van der Waals surface area contributed by atoms with Crippen LogP contribution in [0.25, 0.3) is 0 Å². The maximum Gasteiger partial charge on any atom is 0.335 e. The molecule has 1 aliphatic carbocycles. The molecule has 0 atom stereocenters. The molecular formula is C25H31NO4. The summed E-state index contributed by atoms with van der Waals surface area (Å²) in [6.07, 6.45) is 6.05. The summed E-state index contributed by atoms with van der Waals surface area (Å²) in [6, 6.07) is 13.7. The number of rotatable bonds is 3. The van der Waals surface area contributed by atoms with E-state index in [2.05, 4.69) is 29.2 Å². The smallest absolute Gasteiger partial charge is 0.335 e. The van der Waals surface area contributed by atoms with E-state index in [4.69, 9.17) is 9.47 Å². The summed E-state index contributed by atoms with van der Waals surface area (Å²) in [5.74, 6) is 0.613. The molecule has 2 aromatic rings. The van der Waals surface area contributed by atoms with Crippen molar-refractivity contribution in [2.45, 2.75) is 38.6 Å². The Hall–Kier alpha value is -2.37. The van der Waals surface area contributed by atoms with Gasteiger partial charge < -0.3 is 14.6 Å². The summed E-state index contributed by atoms with van der Waals surface area (Å²) in [7, 11) is 0. The average molecular weight is 410 g/mol. The zero-order valence-electron chi connectivity index (χ0n) is 17.5. The van der Waals surface area contributed by atoms with Crippen LogP contribution in [0.4, 0.5) is 0 Å². The molecule has 30 heavy (non-hydrogen) atoms. The van der Waals surface area contributed by atoms with Gasteiger partial charge in [-0.1, -0.05) is 37.1 Å². The Morgan fingerprint density at radius 1 is 1.03 bits per heavy atom. The molecule has 5 nitrogen and oxygen atoms in total. The number of hydrogen-bond acceptors (Lipinski definition) is 4. The van der Waals surface area contributed by atoms with Crippen LogP contribution in [0.1, 0.15) is 52.7 Å². The first-order valence-corrected chi connectivity index (χ1v) is 11.0. The van der Waals surface area contributed by atoms with E-state index in [1.807, 2.05) is 0 Å². The van der Waals surface area contributed by atoms with Crippen molar-refractivity contribution >= 4 is 5.97 Å². The van der Waals surface area contributed by atoms with Crippen LogP contribution < -0.4 is 4.74 Å². The maximum atomic E-state index is 11.4. The highest BCUT2D eigenvalue weighted by Crippen LogP contribution is 2.27. The standard InChI is InChI=1S/C25H31NO4/c27-25(28)22-8-9-24-23(16-22)15-20-6-3-7-21(14-20)18-26(10-11-29-12-13-30-24)17-19-4-1-2-5-19/h3,6-9,14,16,19H,1-2,4-5,10-13,15,17-18H2,(H,27,28). The Labute approximate surface area is 178 Å². The van der Waals surface area contributed by atoms with Gasteiger partial charge in [-0.25, -0.2) is 4.79 Å². The number of carboxylic acids is 1. The van der Waals surface area contributed by atoms with Crippen LogP contribution in [0.15, 0.2) is 42.5 Å². The third-order valence-corrected chi connectivity index (χ3v) is 6.13. The monoisotopic (exact) mass is 409 g/mol. The predicted octanol–water partition coefficient (Wildman–Crippen LogP) is 4.38. The quantitative estimate of drug-likeness (QED) is 0.815. The maximum absolute atomic E-state index is 11.4. The average Bonchev–Trinajstić information content (AvgIpc) is 3.24. The van der Waals surface area contributed by atoms with E-state index in [1.54, 1.807) is 18.2 Å². The molecule has 2 aromatic carbocycles. The predicted molar refractivity (Wildman–Crippen MR) is 116 cm³/mol. The molecule has 0 radical (unpaired) electrons. The van der Waals surface area contributed by atoms with Crippen LogP contribution >= 0.6 is 0 Å². The second-order valence-corrected chi connectivity index (χ2v) is 8.47. The molecule has 1 N–H and O–H groups in total. The van der Waals surface area contributed by atoms with E-state index in [0.717, 1.165) is 36.9 Å².